The first kappa shape index (κ1) is 19.1. The van der Waals surface area contributed by atoms with Gasteiger partial charge in [-0.3, -0.25) is 4.79 Å². The Hall–Kier alpha value is -2.67. The van der Waals surface area contributed by atoms with E-state index in [9.17, 15) is 13.6 Å². The molecule has 0 spiro atoms. The molecular weight excluding hydrogens is 372 g/mol. The lowest BCUT2D eigenvalue weighted by atomic mass is 10.1. The fraction of sp³-hybridized carbons (Fsp3) is 0.250. The maximum absolute atomic E-state index is 12.5. The SMILES string of the molecule is COc1ccc(CCNC(=O)c2sc3ccccc3c2C)cc1OC(F)F. The summed E-state index contributed by atoms with van der Waals surface area (Å²) in [7, 11) is 1.39. The molecule has 142 valence electrons. The molecule has 2 aromatic carbocycles. The van der Waals surface area contributed by atoms with E-state index >= 15 is 0 Å². The molecule has 0 saturated heterocycles. The first-order valence-corrected chi connectivity index (χ1v) is 9.19. The van der Waals surface area contributed by atoms with E-state index in [0.29, 0.717) is 17.8 Å². The highest BCUT2D eigenvalue weighted by atomic mass is 32.1. The van der Waals surface area contributed by atoms with Gasteiger partial charge in [-0.2, -0.15) is 8.78 Å². The Morgan fingerprint density at radius 2 is 1.96 bits per heavy atom. The monoisotopic (exact) mass is 391 g/mol. The van der Waals surface area contributed by atoms with Crippen LogP contribution in [-0.4, -0.2) is 26.2 Å². The highest BCUT2D eigenvalue weighted by Crippen LogP contribution is 2.31. The Balaban J connectivity index is 1.65. The lowest BCUT2D eigenvalue weighted by molar-refractivity contribution is -0.0512. The number of aryl methyl sites for hydroxylation is 1. The van der Waals surface area contributed by atoms with Crippen molar-refractivity contribution >= 4 is 27.3 Å². The van der Waals surface area contributed by atoms with E-state index < -0.39 is 6.61 Å². The van der Waals surface area contributed by atoms with Crippen molar-refractivity contribution in [3.63, 3.8) is 0 Å². The van der Waals surface area contributed by atoms with Crippen LogP contribution in [0.5, 0.6) is 11.5 Å². The van der Waals surface area contributed by atoms with Crippen molar-refractivity contribution in [2.75, 3.05) is 13.7 Å². The van der Waals surface area contributed by atoms with Gasteiger partial charge in [0.1, 0.15) is 0 Å². The van der Waals surface area contributed by atoms with Crippen molar-refractivity contribution in [1.82, 2.24) is 5.32 Å². The molecule has 0 saturated carbocycles. The van der Waals surface area contributed by atoms with Crippen LogP contribution in [0.4, 0.5) is 8.78 Å². The van der Waals surface area contributed by atoms with Crippen molar-refractivity contribution in [1.29, 1.82) is 0 Å². The minimum absolute atomic E-state index is 0.0170. The molecule has 1 N–H and O–H groups in total. The molecule has 0 atom stereocenters. The Bertz CT molecular complexity index is 956. The molecule has 7 heteroatoms. The predicted octanol–water partition coefficient (Wildman–Crippen LogP) is 4.79. The summed E-state index contributed by atoms with van der Waals surface area (Å²) in [5.41, 5.74) is 1.73. The van der Waals surface area contributed by atoms with Gasteiger partial charge in [0.15, 0.2) is 11.5 Å². The maximum atomic E-state index is 12.5. The van der Waals surface area contributed by atoms with Gasteiger partial charge in [-0.1, -0.05) is 24.3 Å². The zero-order valence-corrected chi connectivity index (χ0v) is 15.7. The molecule has 3 aromatic rings. The number of amides is 1. The van der Waals surface area contributed by atoms with E-state index in [1.807, 2.05) is 31.2 Å². The minimum atomic E-state index is -2.93. The third-order valence-corrected chi connectivity index (χ3v) is 5.46. The second-order valence-electron chi connectivity index (χ2n) is 5.92. The van der Waals surface area contributed by atoms with Gasteiger partial charge in [0.25, 0.3) is 5.91 Å². The van der Waals surface area contributed by atoms with Crippen LogP contribution in [0, 0.1) is 6.92 Å². The number of carbonyl (C=O) groups is 1. The lowest BCUT2D eigenvalue weighted by Gasteiger charge is -2.12. The van der Waals surface area contributed by atoms with Crippen LogP contribution in [0.15, 0.2) is 42.5 Å². The van der Waals surface area contributed by atoms with Crippen molar-refractivity contribution in [2.45, 2.75) is 20.0 Å². The number of nitrogens with one attached hydrogen (secondary N) is 1. The van der Waals surface area contributed by atoms with Gasteiger partial charge < -0.3 is 14.8 Å². The Labute approximate surface area is 159 Å². The standard InChI is InChI=1S/C20H19F2NO3S/c1-12-14-5-3-4-6-17(14)27-18(12)19(24)23-10-9-13-7-8-15(25-2)16(11-13)26-20(21)22/h3-8,11,20H,9-10H2,1-2H3,(H,23,24). The largest absolute Gasteiger partial charge is 0.493 e. The van der Waals surface area contributed by atoms with E-state index in [4.69, 9.17) is 4.74 Å². The number of carbonyl (C=O) groups excluding carboxylic acids is 1. The van der Waals surface area contributed by atoms with Gasteiger partial charge in [0.05, 0.1) is 12.0 Å². The van der Waals surface area contributed by atoms with E-state index in [0.717, 1.165) is 21.2 Å². The summed E-state index contributed by atoms with van der Waals surface area (Å²) < 4.78 is 35.6. The Morgan fingerprint density at radius 1 is 1.19 bits per heavy atom. The fourth-order valence-corrected chi connectivity index (χ4v) is 3.98. The smallest absolute Gasteiger partial charge is 0.387 e. The third-order valence-electron chi connectivity index (χ3n) is 4.19. The molecule has 0 aliphatic rings. The number of ether oxygens (including phenoxy) is 2. The normalized spacial score (nSPS) is 11.0. The van der Waals surface area contributed by atoms with Gasteiger partial charge in [-0.25, -0.2) is 0 Å². The summed E-state index contributed by atoms with van der Waals surface area (Å²) in [6.45, 7) is -0.609. The van der Waals surface area contributed by atoms with Crippen LogP contribution in [0.2, 0.25) is 0 Å². The summed E-state index contributed by atoms with van der Waals surface area (Å²) in [4.78, 5) is 13.2. The number of hydrogen-bond acceptors (Lipinski definition) is 4. The van der Waals surface area contributed by atoms with Crippen molar-refractivity contribution in [3.05, 3.63) is 58.5 Å². The minimum Gasteiger partial charge on any atom is -0.493 e. The number of rotatable bonds is 7. The molecule has 0 fully saturated rings. The summed E-state index contributed by atoms with van der Waals surface area (Å²) in [5, 5.41) is 3.97. The van der Waals surface area contributed by atoms with Crippen LogP contribution in [-0.2, 0) is 6.42 Å². The molecule has 1 amide bonds. The summed E-state index contributed by atoms with van der Waals surface area (Å²) in [6, 6.07) is 12.7. The van der Waals surface area contributed by atoms with Crippen molar-refractivity contribution in [2.24, 2.45) is 0 Å². The van der Waals surface area contributed by atoms with Gasteiger partial charge >= 0.3 is 6.61 Å². The topological polar surface area (TPSA) is 47.6 Å². The molecule has 27 heavy (non-hydrogen) atoms. The van der Waals surface area contributed by atoms with Crippen LogP contribution >= 0.6 is 11.3 Å². The summed E-state index contributed by atoms with van der Waals surface area (Å²) in [6.07, 6.45) is 0.485. The molecule has 0 aliphatic heterocycles. The molecule has 4 nitrogen and oxygen atoms in total. The lowest BCUT2D eigenvalue weighted by Crippen LogP contribution is -2.25. The van der Waals surface area contributed by atoms with Crippen molar-refractivity contribution in [3.8, 4) is 11.5 Å². The first-order valence-electron chi connectivity index (χ1n) is 8.37. The summed E-state index contributed by atoms with van der Waals surface area (Å²) >= 11 is 1.46. The first-order chi connectivity index (χ1) is 13.0. The number of fused-ring (bicyclic) bond motifs is 1. The average Bonchev–Trinajstić information content (AvgIpc) is 2.99. The average molecular weight is 391 g/mol. The molecule has 0 unspecified atom stereocenters. The van der Waals surface area contributed by atoms with Crippen LogP contribution in [0.3, 0.4) is 0 Å². The molecular formula is C20H19F2NO3S. The highest BCUT2D eigenvalue weighted by Gasteiger charge is 2.15. The molecule has 0 aliphatic carbocycles. The van der Waals surface area contributed by atoms with E-state index in [2.05, 4.69) is 10.1 Å². The van der Waals surface area contributed by atoms with Gasteiger partial charge in [0.2, 0.25) is 0 Å². The number of benzene rings is 2. The number of hydrogen-bond donors (Lipinski definition) is 1. The highest BCUT2D eigenvalue weighted by molar-refractivity contribution is 7.21. The van der Waals surface area contributed by atoms with Crippen LogP contribution in [0.1, 0.15) is 20.8 Å². The quantitative estimate of drug-likeness (QED) is 0.630. The molecule has 3 rings (SSSR count). The van der Waals surface area contributed by atoms with E-state index in [1.165, 1.54) is 24.5 Å². The zero-order valence-electron chi connectivity index (χ0n) is 14.9. The molecule has 0 radical (unpaired) electrons. The molecule has 0 bridgehead atoms. The summed E-state index contributed by atoms with van der Waals surface area (Å²) in [5.74, 6) is 0.0897. The van der Waals surface area contributed by atoms with Crippen molar-refractivity contribution < 1.29 is 23.0 Å². The second kappa shape index (κ2) is 8.35. The maximum Gasteiger partial charge on any atom is 0.387 e. The fourth-order valence-electron chi connectivity index (χ4n) is 2.86. The number of halogens is 2. The zero-order chi connectivity index (χ0) is 19.4. The second-order valence-corrected chi connectivity index (χ2v) is 6.97. The van der Waals surface area contributed by atoms with Crippen LogP contribution in [0.25, 0.3) is 10.1 Å². The number of thiophene rings is 1. The van der Waals surface area contributed by atoms with Gasteiger partial charge in [0, 0.05) is 11.2 Å². The number of methoxy groups -OCH3 is 1. The Kier molecular flexibility index (Phi) is 5.91. The van der Waals surface area contributed by atoms with E-state index in [1.54, 1.807) is 12.1 Å². The Morgan fingerprint density at radius 3 is 2.67 bits per heavy atom. The van der Waals surface area contributed by atoms with Gasteiger partial charge in [-0.15, -0.1) is 11.3 Å². The third kappa shape index (κ3) is 4.36. The van der Waals surface area contributed by atoms with E-state index in [-0.39, 0.29) is 17.4 Å². The number of alkyl halides is 2. The molecule has 1 heterocycles. The van der Waals surface area contributed by atoms with Gasteiger partial charge in [-0.05, 0) is 48.1 Å². The predicted molar refractivity (Wildman–Crippen MR) is 102 cm³/mol. The van der Waals surface area contributed by atoms with Crippen LogP contribution < -0.4 is 14.8 Å². The molecule has 1 aromatic heterocycles.